The first-order chi connectivity index (χ1) is 6.81. The van der Waals surface area contributed by atoms with Gasteiger partial charge in [0.1, 0.15) is 0 Å². The molecule has 0 N–H and O–H groups in total. The lowest BCUT2D eigenvalue weighted by molar-refractivity contribution is -0.130. The summed E-state index contributed by atoms with van der Waals surface area (Å²) in [7, 11) is 0. The summed E-state index contributed by atoms with van der Waals surface area (Å²) in [6.07, 6.45) is 4.31. The highest BCUT2D eigenvalue weighted by Gasteiger charge is 2.30. The number of likely N-dealkylation sites (tertiary alicyclic amines) is 2. The lowest BCUT2D eigenvalue weighted by Crippen LogP contribution is -2.48. The van der Waals surface area contributed by atoms with E-state index < -0.39 is 0 Å². The summed E-state index contributed by atoms with van der Waals surface area (Å²) in [4.78, 5) is 16.1. The van der Waals surface area contributed by atoms with Gasteiger partial charge in [-0.3, -0.25) is 4.79 Å². The molecule has 1 atom stereocenters. The van der Waals surface area contributed by atoms with Gasteiger partial charge < -0.3 is 9.80 Å². The second-order valence-corrected chi connectivity index (χ2v) is 4.38. The SMILES string of the molecule is CCN1CCCC(N2CCCC2=O)C1. The largest absolute Gasteiger partial charge is 0.338 e. The van der Waals surface area contributed by atoms with Crippen molar-refractivity contribution in [3.05, 3.63) is 0 Å². The third-order valence-electron chi connectivity index (χ3n) is 3.48. The molecule has 2 saturated heterocycles. The fraction of sp³-hybridized carbons (Fsp3) is 0.909. The van der Waals surface area contributed by atoms with E-state index >= 15 is 0 Å². The molecule has 3 heteroatoms. The Morgan fingerprint density at radius 3 is 2.86 bits per heavy atom. The van der Waals surface area contributed by atoms with Gasteiger partial charge in [0.2, 0.25) is 5.91 Å². The molecule has 3 nitrogen and oxygen atoms in total. The first-order valence-corrected chi connectivity index (χ1v) is 5.83. The summed E-state index contributed by atoms with van der Waals surface area (Å²) in [5.74, 6) is 0.382. The molecule has 2 rings (SSSR count). The highest BCUT2D eigenvalue weighted by Crippen LogP contribution is 2.20. The maximum Gasteiger partial charge on any atom is 0.222 e. The van der Waals surface area contributed by atoms with Crippen LogP contribution in [0.1, 0.15) is 32.6 Å². The average molecular weight is 196 g/mol. The molecule has 1 amide bonds. The molecular formula is C11H20N2O. The second kappa shape index (κ2) is 4.30. The number of nitrogens with zero attached hydrogens (tertiary/aromatic N) is 2. The van der Waals surface area contributed by atoms with Crippen LogP contribution in [0, 0.1) is 0 Å². The van der Waals surface area contributed by atoms with Crippen molar-refractivity contribution in [2.24, 2.45) is 0 Å². The number of carbonyl (C=O) groups is 1. The van der Waals surface area contributed by atoms with Gasteiger partial charge in [-0.15, -0.1) is 0 Å². The van der Waals surface area contributed by atoms with Crippen molar-refractivity contribution in [1.29, 1.82) is 0 Å². The zero-order valence-corrected chi connectivity index (χ0v) is 9.04. The van der Waals surface area contributed by atoms with E-state index in [9.17, 15) is 4.79 Å². The van der Waals surface area contributed by atoms with Crippen molar-refractivity contribution in [3.8, 4) is 0 Å². The quantitative estimate of drug-likeness (QED) is 0.660. The van der Waals surface area contributed by atoms with Gasteiger partial charge in [0.25, 0.3) is 0 Å². The third kappa shape index (κ3) is 1.92. The molecule has 2 aliphatic rings. The third-order valence-corrected chi connectivity index (χ3v) is 3.48. The fourth-order valence-corrected chi connectivity index (χ4v) is 2.63. The van der Waals surface area contributed by atoms with Crippen molar-refractivity contribution in [2.75, 3.05) is 26.2 Å². The standard InChI is InChI=1S/C11H20N2O/c1-2-12-7-3-5-10(9-12)13-8-4-6-11(13)14/h10H,2-9H2,1H3. The molecule has 0 aliphatic carbocycles. The van der Waals surface area contributed by atoms with E-state index in [0.717, 1.165) is 32.5 Å². The molecule has 0 radical (unpaired) electrons. The smallest absolute Gasteiger partial charge is 0.222 e. The molecule has 0 spiro atoms. The highest BCUT2D eigenvalue weighted by atomic mass is 16.2. The van der Waals surface area contributed by atoms with Crippen LogP contribution >= 0.6 is 0 Å². The van der Waals surface area contributed by atoms with E-state index in [1.165, 1.54) is 19.4 Å². The Morgan fingerprint density at radius 2 is 2.21 bits per heavy atom. The molecule has 0 bridgehead atoms. The number of carbonyl (C=O) groups excluding carboxylic acids is 1. The number of amides is 1. The number of likely N-dealkylation sites (N-methyl/N-ethyl adjacent to an activating group) is 1. The summed E-state index contributed by atoms with van der Waals surface area (Å²) >= 11 is 0. The van der Waals surface area contributed by atoms with E-state index in [1.54, 1.807) is 0 Å². The Morgan fingerprint density at radius 1 is 1.36 bits per heavy atom. The van der Waals surface area contributed by atoms with Crippen molar-refractivity contribution in [2.45, 2.75) is 38.6 Å². The Labute approximate surface area is 86.1 Å². The van der Waals surface area contributed by atoms with Gasteiger partial charge in [0.05, 0.1) is 0 Å². The van der Waals surface area contributed by atoms with Gasteiger partial charge in [0.15, 0.2) is 0 Å². The average Bonchev–Trinajstić information content (AvgIpc) is 2.65. The molecule has 1 unspecified atom stereocenters. The first kappa shape index (κ1) is 9.97. The lowest BCUT2D eigenvalue weighted by Gasteiger charge is -2.37. The molecule has 2 fully saturated rings. The van der Waals surface area contributed by atoms with Crippen LogP contribution in [0.15, 0.2) is 0 Å². The van der Waals surface area contributed by atoms with Crippen LogP contribution in [0.3, 0.4) is 0 Å². The van der Waals surface area contributed by atoms with Crippen molar-refractivity contribution < 1.29 is 4.79 Å². The van der Waals surface area contributed by atoms with Crippen LogP contribution in [-0.2, 0) is 4.79 Å². The lowest BCUT2D eigenvalue weighted by atomic mass is 10.0. The number of piperidine rings is 1. The normalized spacial score (nSPS) is 29.9. The minimum absolute atomic E-state index is 0.382. The van der Waals surface area contributed by atoms with E-state index in [2.05, 4.69) is 16.7 Å². The van der Waals surface area contributed by atoms with Crippen LogP contribution in [0.5, 0.6) is 0 Å². The first-order valence-electron chi connectivity index (χ1n) is 5.83. The van der Waals surface area contributed by atoms with Crippen molar-refractivity contribution in [3.63, 3.8) is 0 Å². The molecular weight excluding hydrogens is 176 g/mol. The van der Waals surface area contributed by atoms with Crippen LogP contribution in [0.4, 0.5) is 0 Å². The molecule has 2 heterocycles. The minimum Gasteiger partial charge on any atom is -0.338 e. The van der Waals surface area contributed by atoms with Gasteiger partial charge in [0, 0.05) is 25.6 Å². The van der Waals surface area contributed by atoms with Gasteiger partial charge in [-0.1, -0.05) is 6.92 Å². The Hall–Kier alpha value is -0.570. The number of rotatable bonds is 2. The van der Waals surface area contributed by atoms with Crippen LogP contribution in [0.2, 0.25) is 0 Å². The fourth-order valence-electron chi connectivity index (χ4n) is 2.63. The molecule has 14 heavy (non-hydrogen) atoms. The molecule has 0 aromatic rings. The minimum atomic E-state index is 0.382. The summed E-state index contributed by atoms with van der Waals surface area (Å²) in [6.45, 7) is 6.64. The summed E-state index contributed by atoms with van der Waals surface area (Å²) in [5, 5.41) is 0. The van der Waals surface area contributed by atoms with Gasteiger partial charge >= 0.3 is 0 Å². The van der Waals surface area contributed by atoms with Gasteiger partial charge in [-0.25, -0.2) is 0 Å². The molecule has 0 saturated carbocycles. The Kier molecular flexibility index (Phi) is 3.06. The topological polar surface area (TPSA) is 23.6 Å². The monoisotopic (exact) mass is 196 g/mol. The predicted octanol–water partition coefficient (Wildman–Crippen LogP) is 1.09. The number of hydrogen-bond donors (Lipinski definition) is 0. The number of hydrogen-bond acceptors (Lipinski definition) is 2. The van der Waals surface area contributed by atoms with Crippen molar-refractivity contribution >= 4 is 5.91 Å². The highest BCUT2D eigenvalue weighted by molar-refractivity contribution is 5.78. The maximum atomic E-state index is 11.6. The summed E-state index contributed by atoms with van der Waals surface area (Å²) < 4.78 is 0. The van der Waals surface area contributed by atoms with Crippen LogP contribution < -0.4 is 0 Å². The predicted molar refractivity (Wildman–Crippen MR) is 56.1 cm³/mol. The van der Waals surface area contributed by atoms with Gasteiger partial charge in [-0.2, -0.15) is 0 Å². The second-order valence-electron chi connectivity index (χ2n) is 4.38. The van der Waals surface area contributed by atoms with Crippen LogP contribution in [0.25, 0.3) is 0 Å². The van der Waals surface area contributed by atoms with Crippen molar-refractivity contribution in [1.82, 2.24) is 9.80 Å². The Balaban J connectivity index is 1.93. The summed E-state index contributed by atoms with van der Waals surface area (Å²) in [6, 6.07) is 0.513. The van der Waals surface area contributed by atoms with E-state index in [1.807, 2.05) is 0 Å². The van der Waals surface area contributed by atoms with Gasteiger partial charge in [-0.05, 0) is 32.4 Å². The van der Waals surface area contributed by atoms with Crippen LogP contribution in [-0.4, -0.2) is 47.9 Å². The van der Waals surface area contributed by atoms with E-state index in [0.29, 0.717) is 11.9 Å². The van der Waals surface area contributed by atoms with E-state index in [4.69, 9.17) is 0 Å². The maximum absolute atomic E-state index is 11.6. The molecule has 0 aromatic carbocycles. The molecule has 80 valence electrons. The van der Waals surface area contributed by atoms with E-state index in [-0.39, 0.29) is 0 Å². The molecule has 2 aliphatic heterocycles. The zero-order chi connectivity index (χ0) is 9.97. The molecule has 0 aromatic heterocycles. The Bertz CT molecular complexity index is 217. The summed E-state index contributed by atoms with van der Waals surface area (Å²) in [5.41, 5.74) is 0. The zero-order valence-electron chi connectivity index (χ0n) is 9.04.